The van der Waals surface area contributed by atoms with Gasteiger partial charge in [-0.25, -0.2) is 8.42 Å². The Kier molecular flexibility index (Phi) is 5.94. The van der Waals surface area contributed by atoms with Crippen molar-refractivity contribution in [3.63, 3.8) is 0 Å². The van der Waals surface area contributed by atoms with Crippen molar-refractivity contribution in [3.8, 4) is 5.75 Å². The third kappa shape index (κ3) is 3.49. The van der Waals surface area contributed by atoms with E-state index in [1.165, 1.54) is 31.6 Å². The molecular formula is C13H22N2O4S. The molecule has 0 bridgehead atoms. The smallest absolute Gasteiger partial charge is 0.243 e. The van der Waals surface area contributed by atoms with Gasteiger partial charge in [0.2, 0.25) is 10.0 Å². The summed E-state index contributed by atoms with van der Waals surface area (Å²) in [5.41, 5.74) is 6.27. The van der Waals surface area contributed by atoms with Crippen LogP contribution in [-0.2, 0) is 21.3 Å². The first kappa shape index (κ1) is 16.9. The summed E-state index contributed by atoms with van der Waals surface area (Å²) < 4.78 is 36.4. The molecule has 0 aromatic heterocycles. The maximum atomic E-state index is 12.5. The molecule has 1 aromatic carbocycles. The largest absolute Gasteiger partial charge is 0.496 e. The van der Waals surface area contributed by atoms with Crippen molar-refractivity contribution < 1.29 is 17.9 Å². The normalized spacial score (nSPS) is 13.5. The Labute approximate surface area is 120 Å². The van der Waals surface area contributed by atoms with Gasteiger partial charge in [0.15, 0.2) is 0 Å². The molecule has 0 saturated carbocycles. The van der Waals surface area contributed by atoms with Gasteiger partial charge >= 0.3 is 0 Å². The summed E-state index contributed by atoms with van der Waals surface area (Å²) in [4.78, 5) is 0.198. The van der Waals surface area contributed by atoms with Crippen LogP contribution in [0.2, 0.25) is 0 Å². The lowest BCUT2D eigenvalue weighted by atomic mass is 10.2. The molecule has 0 fully saturated rings. The predicted molar refractivity (Wildman–Crippen MR) is 77.2 cm³/mol. The number of methoxy groups -OCH3 is 2. The molecule has 0 aliphatic carbocycles. The van der Waals surface area contributed by atoms with Crippen LogP contribution in [0.5, 0.6) is 5.75 Å². The number of hydrogen-bond donors (Lipinski definition) is 1. The molecule has 20 heavy (non-hydrogen) atoms. The number of nitrogens with zero attached hydrogens (tertiary/aromatic N) is 1. The molecule has 7 heteroatoms. The number of sulfonamides is 1. The molecule has 0 saturated heterocycles. The van der Waals surface area contributed by atoms with Crippen LogP contribution in [0.15, 0.2) is 23.1 Å². The minimum atomic E-state index is -3.58. The Bertz CT molecular complexity index is 545. The lowest BCUT2D eigenvalue weighted by Crippen LogP contribution is -2.37. The summed E-state index contributed by atoms with van der Waals surface area (Å²) in [6.07, 6.45) is 0. The van der Waals surface area contributed by atoms with Gasteiger partial charge in [-0.15, -0.1) is 0 Å². The van der Waals surface area contributed by atoms with E-state index in [9.17, 15) is 8.42 Å². The monoisotopic (exact) mass is 302 g/mol. The average Bonchev–Trinajstić information content (AvgIpc) is 2.45. The van der Waals surface area contributed by atoms with E-state index in [0.717, 1.165) is 0 Å². The zero-order chi connectivity index (χ0) is 15.3. The second-order valence-corrected chi connectivity index (χ2v) is 6.50. The fourth-order valence-corrected chi connectivity index (χ4v) is 3.22. The molecule has 0 amide bonds. The zero-order valence-electron chi connectivity index (χ0n) is 12.3. The fraction of sp³-hybridized carbons (Fsp3) is 0.538. The average molecular weight is 302 g/mol. The van der Waals surface area contributed by atoms with Crippen LogP contribution in [-0.4, -0.2) is 46.6 Å². The number of ether oxygens (including phenoxy) is 2. The second-order valence-electron chi connectivity index (χ2n) is 4.50. The van der Waals surface area contributed by atoms with E-state index in [1.807, 2.05) is 0 Å². The highest BCUT2D eigenvalue weighted by Gasteiger charge is 2.26. The predicted octanol–water partition coefficient (Wildman–Crippen LogP) is 0.809. The number of hydrogen-bond acceptors (Lipinski definition) is 5. The molecule has 1 rings (SSSR count). The van der Waals surface area contributed by atoms with Crippen molar-refractivity contribution >= 4 is 10.0 Å². The zero-order valence-corrected chi connectivity index (χ0v) is 13.1. The van der Waals surface area contributed by atoms with Gasteiger partial charge in [0.1, 0.15) is 5.75 Å². The lowest BCUT2D eigenvalue weighted by Gasteiger charge is -2.24. The van der Waals surface area contributed by atoms with Crippen molar-refractivity contribution in [1.29, 1.82) is 0 Å². The standard InChI is InChI=1S/C13H22N2O4S/c1-10(9-18-3)15(2)20(16,17)12-5-6-13(19-4)11(7-12)8-14/h5-7,10H,8-9,14H2,1-4H3. The SMILES string of the molecule is COCC(C)N(C)S(=O)(=O)c1ccc(OC)c(CN)c1. The van der Waals surface area contributed by atoms with Crippen LogP contribution in [0.25, 0.3) is 0 Å². The van der Waals surface area contributed by atoms with Gasteiger partial charge in [0.05, 0.1) is 18.6 Å². The van der Waals surface area contributed by atoms with Crippen LogP contribution in [0.3, 0.4) is 0 Å². The van der Waals surface area contributed by atoms with E-state index < -0.39 is 10.0 Å². The molecule has 6 nitrogen and oxygen atoms in total. The highest BCUT2D eigenvalue weighted by atomic mass is 32.2. The van der Waals surface area contributed by atoms with E-state index in [1.54, 1.807) is 19.1 Å². The van der Waals surface area contributed by atoms with Crippen LogP contribution in [0.1, 0.15) is 12.5 Å². The number of benzene rings is 1. The summed E-state index contributed by atoms with van der Waals surface area (Å²) in [6, 6.07) is 4.42. The van der Waals surface area contributed by atoms with E-state index in [2.05, 4.69) is 0 Å². The molecule has 1 unspecified atom stereocenters. The van der Waals surface area contributed by atoms with Gasteiger partial charge in [-0.3, -0.25) is 0 Å². The van der Waals surface area contributed by atoms with Crippen molar-refractivity contribution in [1.82, 2.24) is 4.31 Å². The van der Waals surface area contributed by atoms with E-state index in [4.69, 9.17) is 15.2 Å². The maximum Gasteiger partial charge on any atom is 0.243 e. The molecule has 0 aliphatic heterocycles. The van der Waals surface area contributed by atoms with Gasteiger partial charge in [-0.2, -0.15) is 4.31 Å². The third-order valence-electron chi connectivity index (χ3n) is 3.18. The van der Waals surface area contributed by atoms with Crippen LogP contribution >= 0.6 is 0 Å². The summed E-state index contributed by atoms with van der Waals surface area (Å²) in [6.45, 7) is 2.33. The second kappa shape index (κ2) is 7.03. The van der Waals surface area contributed by atoms with Crippen molar-refractivity contribution in [2.24, 2.45) is 5.73 Å². The molecule has 0 spiro atoms. The van der Waals surface area contributed by atoms with E-state index in [-0.39, 0.29) is 17.5 Å². The van der Waals surface area contributed by atoms with E-state index in [0.29, 0.717) is 17.9 Å². The van der Waals surface area contributed by atoms with Gasteiger partial charge in [-0.05, 0) is 25.1 Å². The van der Waals surface area contributed by atoms with Crippen LogP contribution in [0, 0.1) is 0 Å². The molecule has 0 heterocycles. The highest BCUT2D eigenvalue weighted by Crippen LogP contribution is 2.24. The summed E-state index contributed by atoms with van der Waals surface area (Å²) >= 11 is 0. The first-order valence-corrected chi connectivity index (χ1v) is 7.66. The quantitative estimate of drug-likeness (QED) is 0.806. The number of likely N-dealkylation sites (N-methyl/N-ethyl adjacent to an activating group) is 1. The number of rotatable bonds is 7. The lowest BCUT2D eigenvalue weighted by molar-refractivity contribution is 0.149. The van der Waals surface area contributed by atoms with Crippen LogP contribution in [0.4, 0.5) is 0 Å². The highest BCUT2D eigenvalue weighted by molar-refractivity contribution is 7.89. The summed E-state index contributed by atoms with van der Waals surface area (Å²) in [7, 11) is 1.02. The minimum Gasteiger partial charge on any atom is -0.496 e. The van der Waals surface area contributed by atoms with Gasteiger partial charge in [0, 0.05) is 32.3 Å². The first-order chi connectivity index (χ1) is 9.38. The topological polar surface area (TPSA) is 81.9 Å². The molecule has 0 aliphatic rings. The van der Waals surface area contributed by atoms with Gasteiger partial charge < -0.3 is 15.2 Å². The molecule has 1 aromatic rings. The summed E-state index contributed by atoms with van der Waals surface area (Å²) in [5, 5.41) is 0. The van der Waals surface area contributed by atoms with Crippen molar-refractivity contribution in [2.75, 3.05) is 27.9 Å². The van der Waals surface area contributed by atoms with Gasteiger partial charge in [-0.1, -0.05) is 0 Å². The minimum absolute atomic E-state index is 0.198. The maximum absolute atomic E-state index is 12.5. The first-order valence-electron chi connectivity index (χ1n) is 6.22. The van der Waals surface area contributed by atoms with Crippen LogP contribution < -0.4 is 10.5 Å². The van der Waals surface area contributed by atoms with Gasteiger partial charge in [0.25, 0.3) is 0 Å². The Morgan fingerprint density at radius 3 is 2.50 bits per heavy atom. The Hall–Kier alpha value is -1.15. The summed E-state index contributed by atoms with van der Waals surface area (Å²) in [5.74, 6) is 0.582. The van der Waals surface area contributed by atoms with E-state index >= 15 is 0 Å². The molecule has 0 radical (unpaired) electrons. The van der Waals surface area contributed by atoms with Crippen molar-refractivity contribution in [3.05, 3.63) is 23.8 Å². The molecule has 1 atom stereocenters. The Morgan fingerprint density at radius 2 is 2.00 bits per heavy atom. The van der Waals surface area contributed by atoms with Crippen molar-refractivity contribution in [2.45, 2.75) is 24.4 Å². The molecule has 2 N–H and O–H groups in total. The third-order valence-corrected chi connectivity index (χ3v) is 5.15. The fourth-order valence-electron chi connectivity index (χ4n) is 1.82. The Morgan fingerprint density at radius 1 is 1.35 bits per heavy atom. The Balaban J connectivity index is 3.15. The molecular weight excluding hydrogens is 280 g/mol. The number of nitrogens with two attached hydrogens (primary N) is 1. The molecule has 114 valence electrons.